The van der Waals surface area contributed by atoms with Gasteiger partial charge < -0.3 is 10.1 Å². The number of benzene rings is 1. The first-order valence-electron chi connectivity index (χ1n) is 6.27. The van der Waals surface area contributed by atoms with Gasteiger partial charge in [0.05, 0.1) is 15.2 Å². The van der Waals surface area contributed by atoms with Crippen LogP contribution in [0.1, 0.15) is 6.92 Å². The smallest absolute Gasteiger partial charge is 0.328 e. The zero-order chi connectivity index (χ0) is 14.5. The standard InChI is InChI=1S/C14H21NO3Si/c1-11(16)15-13(14(17)18-2)10-19(3,4)12-8-6-5-7-9-12/h5-9,13H,10H2,1-4H3,(H,15,16). The van der Waals surface area contributed by atoms with Gasteiger partial charge in [-0.05, 0) is 6.04 Å². The predicted octanol–water partition coefficient (Wildman–Crippen LogP) is 1.28. The number of carbonyl (C=O) groups excluding carboxylic acids is 2. The van der Waals surface area contributed by atoms with Gasteiger partial charge in [0.25, 0.3) is 0 Å². The van der Waals surface area contributed by atoms with Crippen LogP contribution in [-0.4, -0.2) is 33.1 Å². The van der Waals surface area contributed by atoms with E-state index in [1.54, 1.807) is 0 Å². The van der Waals surface area contributed by atoms with Crippen molar-refractivity contribution in [2.75, 3.05) is 7.11 Å². The minimum Gasteiger partial charge on any atom is -0.467 e. The number of hydrogen-bond donors (Lipinski definition) is 1. The Labute approximate surface area is 115 Å². The van der Waals surface area contributed by atoms with Crippen LogP contribution in [0.15, 0.2) is 30.3 Å². The minimum atomic E-state index is -1.80. The van der Waals surface area contributed by atoms with Crippen molar-refractivity contribution in [1.82, 2.24) is 5.32 Å². The Kier molecular flexibility index (Phi) is 5.29. The lowest BCUT2D eigenvalue weighted by molar-refractivity contribution is -0.144. The Bertz CT molecular complexity index is 445. The van der Waals surface area contributed by atoms with Gasteiger partial charge in [0.15, 0.2) is 0 Å². The van der Waals surface area contributed by atoms with Gasteiger partial charge in [0.1, 0.15) is 6.04 Å². The summed E-state index contributed by atoms with van der Waals surface area (Å²) in [5, 5.41) is 3.94. The maximum Gasteiger partial charge on any atom is 0.328 e. The molecular formula is C14H21NO3Si. The van der Waals surface area contributed by atoms with E-state index in [9.17, 15) is 9.59 Å². The molecule has 104 valence electrons. The quantitative estimate of drug-likeness (QED) is 0.652. The Hall–Kier alpha value is -1.62. The first-order chi connectivity index (χ1) is 8.86. The van der Waals surface area contributed by atoms with Crippen LogP contribution in [-0.2, 0) is 14.3 Å². The molecule has 1 aromatic rings. The van der Waals surface area contributed by atoms with E-state index >= 15 is 0 Å². The molecule has 4 nitrogen and oxygen atoms in total. The molecule has 1 amide bonds. The fourth-order valence-corrected chi connectivity index (χ4v) is 4.72. The average molecular weight is 279 g/mol. The highest BCUT2D eigenvalue weighted by atomic mass is 28.3. The van der Waals surface area contributed by atoms with E-state index in [-0.39, 0.29) is 11.9 Å². The molecule has 0 bridgehead atoms. The molecule has 0 heterocycles. The predicted molar refractivity (Wildman–Crippen MR) is 78.0 cm³/mol. The molecule has 0 aliphatic carbocycles. The zero-order valence-electron chi connectivity index (χ0n) is 11.9. The van der Waals surface area contributed by atoms with Crippen molar-refractivity contribution in [3.05, 3.63) is 30.3 Å². The van der Waals surface area contributed by atoms with Gasteiger partial charge in [0.2, 0.25) is 5.91 Å². The topological polar surface area (TPSA) is 55.4 Å². The molecule has 1 atom stereocenters. The highest BCUT2D eigenvalue weighted by Gasteiger charge is 2.32. The van der Waals surface area contributed by atoms with Crippen molar-refractivity contribution in [1.29, 1.82) is 0 Å². The maximum absolute atomic E-state index is 11.7. The lowest BCUT2D eigenvalue weighted by atomic mass is 10.3. The summed E-state index contributed by atoms with van der Waals surface area (Å²) in [5.74, 6) is -0.597. The van der Waals surface area contributed by atoms with E-state index in [1.165, 1.54) is 19.2 Å². The van der Waals surface area contributed by atoms with E-state index in [1.807, 2.05) is 18.2 Å². The highest BCUT2D eigenvalue weighted by Crippen LogP contribution is 2.14. The van der Waals surface area contributed by atoms with Crippen LogP contribution in [0.3, 0.4) is 0 Å². The van der Waals surface area contributed by atoms with E-state index in [4.69, 9.17) is 4.74 Å². The Morgan fingerprint density at radius 2 is 1.84 bits per heavy atom. The molecule has 5 heteroatoms. The molecule has 0 aromatic heterocycles. The van der Waals surface area contributed by atoms with Crippen LogP contribution in [0.25, 0.3) is 0 Å². The van der Waals surface area contributed by atoms with E-state index in [2.05, 4.69) is 30.5 Å². The number of hydrogen-bond acceptors (Lipinski definition) is 3. The second-order valence-corrected chi connectivity index (χ2v) is 9.98. The summed E-state index contributed by atoms with van der Waals surface area (Å²) in [5.41, 5.74) is 0. The molecule has 1 aromatic carbocycles. The average Bonchev–Trinajstić information content (AvgIpc) is 2.37. The monoisotopic (exact) mass is 279 g/mol. The van der Waals surface area contributed by atoms with E-state index in [0.29, 0.717) is 6.04 Å². The van der Waals surface area contributed by atoms with Crippen LogP contribution in [0.4, 0.5) is 0 Å². The van der Waals surface area contributed by atoms with Crippen molar-refractivity contribution < 1.29 is 14.3 Å². The summed E-state index contributed by atoms with van der Waals surface area (Å²) in [6.45, 7) is 5.77. The normalized spacial score (nSPS) is 12.6. The molecule has 0 aliphatic rings. The highest BCUT2D eigenvalue weighted by molar-refractivity contribution is 6.90. The van der Waals surface area contributed by atoms with Gasteiger partial charge in [-0.1, -0.05) is 48.6 Å². The molecule has 1 N–H and O–H groups in total. The lowest BCUT2D eigenvalue weighted by Crippen LogP contribution is -2.51. The minimum absolute atomic E-state index is 0.215. The number of nitrogens with one attached hydrogen (secondary N) is 1. The second kappa shape index (κ2) is 6.52. The first-order valence-corrected chi connectivity index (χ1v) is 9.48. The van der Waals surface area contributed by atoms with Crippen molar-refractivity contribution >= 4 is 25.1 Å². The van der Waals surface area contributed by atoms with Crippen LogP contribution in [0.2, 0.25) is 19.1 Å². The zero-order valence-corrected chi connectivity index (χ0v) is 12.9. The maximum atomic E-state index is 11.7. The summed E-state index contributed by atoms with van der Waals surface area (Å²) in [6.07, 6.45) is 0. The van der Waals surface area contributed by atoms with Crippen molar-refractivity contribution in [2.24, 2.45) is 0 Å². The molecule has 0 radical (unpaired) electrons. The van der Waals surface area contributed by atoms with E-state index < -0.39 is 14.1 Å². The van der Waals surface area contributed by atoms with Gasteiger partial charge in [-0.2, -0.15) is 0 Å². The molecule has 1 rings (SSSR count). The Balaban J connectivity index is 2.88. The summed E-state index contributed by atoms with van der Waals surface area (Å²) in [6, 6.07) is 10.2. The van der Waals surface area contributed by atoms with Crippen LogP contribution in [0, 0.1) is 0 Å². The van der Waals surface area contributed by atoms with Gasteiger partial charge in [-0.25, -0.2) is 4.79 Å². The molecule has 19 heavy (non-hydrogen) atoms. The molecule has 0 saturated carbocycles. The third kappa shape index (κ3) is 4.52. The third-order valence-corrected chi connectivity index (χ3v) is 6.46. The molecule has 0 aliphatic heterocycles. The lowest BCUT2D eigenvalue weighted by Gasteiger charge is -2.27. The third-order valence-electron chi connectivity index (χ3n) is 3.13. The Morgan fingerprint density at radius 3 is 2.32 bits per heavy atom. The van der Waals surface area contributed by atoms with Gasteiger partial charge >= 0.3 is 5.97 Å². The SMILES string of the molecule is COC(=O)C(C[Si](C)(C)c1ccccc1)NC(C)=O. The molecule has 0 saturated heterocycles. The fraction of sp³-hybridized carbons (Fsp3) is 0.429. The number of ether oxygens (including phenoxy) is 1. The molecular weight excluding hydrogens is 258 g/mol. The summed E-state index contributed by atoms with van der Waals surface area (Å²) < 4.78 is 4.76. The number of methoxy groups -OCH3 is 1. The number of carbonyl (C=O) groups is 2. The summed E-state index contributed by atoms with van der Waals surface area (Å²) >= 11 is 0. The van der Waals surface area contributed by atoms with Gasteiger partial charge in [-0.15, -0.1) is 0 Å². The van der Waals surface area contributed by atoms with E-state index in [0.717, 1.165) is 0 Å². The second-order valence-electron chi connectivity index (χ2n) is 5.23. The Morgan fingerprint density at radius 1 is 1.26 bits per heavy atom. The van der Waals surface area contributed by atoms with Crippen molar-refractivity contribution in [3.8, 4) is 0 Å². The van der Waals surface area contributed by atoms with Gasteiger partial charge in [0, 0.05) is 6.92 Å². The number of esters is 1. The van der Waals surface area contributed by atoms with Crippen LogP contribution >= 0.6 is 0 Å². The molecule has 0 spiro atoms. The largest absolute Gasteiger partial charge is 0.467 e. The summed E-state index contributed by atoms with van der Waals surface area (Å²) in [4.78, 5) is 22.9. The van der Waals surface area contributed by atoms with Crippen LogP contribution in [0.5, 0.6) is 0 Å². The van der Waals surface area contributed by atoms with Crippen LogP contribution < -0.4 is 10.5 Å². The molecule has 0 fully saturated rings. The molecule has 1 unspecified atom stereocenters. The fourth-order valence-electron chi connectivity index (χ4n) is 2.10. The first kappa shape index (κ1) is 15.4. The number of rotatable bonds is 5. The van der Waals surface area contributed by atoms with Gasteiger partial charge in [-0.3, -0.25) is 4.79 Å². The van der Waals surface area contributed by atoms with Crippen molar-refractivity contribution in [2.45, 2.75) is 32.1 Å². The number of amides is 1. The summed E-state index contributed by atoms with van der Waals surface area (Å²) in [7, 11) is -0.462. The van der Waals surface area contributed by atoms with Crippen molar-refractivity contribution in [3.63, 3.8) is 0 Å².